The van der Waals surface area contributed by atoms with Crippen molar-refractivity contribution >= 4 is 11.7 Å². The van der Waals surface area contributed by atoms with Gasteiger partial charge in [-0.3, -0.25) is 4.79 Å². The topological polar surface area (TPSA) is 68.9 Å². The minimum Gasteiger partial charge on any atom is -0.368 e. The lowest BCUT2D eigenvalue weighted by molar-refractivity contribution is 0.0961. The zero-order chi connectivity index (χ0) is 17.5. The molecule has 1 aliphatic rings. The zero-order valence-electron chi connectivity index (χ0n) is 14.9. The third-order valence-corrected chi connectivity index (χ3v) is 4.81. The molecule has 2 N–H and O–H groups in total. The SMILES string of the molecule is CCc1nc(N)nc2c1C(=O)CC(c1ccc(C(C)(C)C)cc1)C2. The van der Waals surface area contributed by atoms with Gasteiger partial charge in [0.05, 0.1) is 17.0 Å². The van der Waals surface area contributed by atoms with Gasteiger partial charge in [0.15, 0.2) is 5.78 Å². The van der Waals surface area contributed by atoms with Gasteiger partial charge >= 0.3 is 0 Å². The Morgan fingerprint density at radius 1 is 1.12 bits per heavy atom. The first-order valence-corrected chi connectivity index (χ1v) is 8.58. The minimum atomic E-state index is 0.130. The molecule has 1 heterocycles. The first-order valence-electron chi connectivity index (χ1n) is 8.58. The van der Waals surface area contributed by atoms with Crippen molar-refractivity contribution in [3.63, 3.8) is 0 Å². The number of nitrogen functional groups attached to an aromatic ring is 1. The summed E-state index contributed by atoms with van der Waals surface area (Å²) in [6.45, 7) is 8.60. The molecule has 1 aromatic heterocycles. The van der Waals surface area contributed by atoms with Gasteiger partial charge in [-0.25, -0.2) is 9.97 Å². The second kappa shape index (κ2) is 6.00. The van der Waals surface area contributed by atoms with Gasteiger partial charge in [0.1, 0.15) is 0 Å². The maximum atomic E-state index is 12.7. The van der Waals surface area contributed by atoms with Crippen LogP contribution in [-0.2, 0) is 18.3 Å². The summed E-state index contributed by atoms with van der Waals surface area (Å²) in [6, 6.07) is 8.63. The van der Waals surface area contributed by atoms with Gasteiger partial charge in [0.25, 0.3) is 0 Å². The standard InChI is InChI=1S/C20H25N3O/c1-5-15-18-16(23-19(21)22-15)10-13(11-17(18)24)12-6-8-14(9-7-12)20(2,3)4/h6-9,13H,5,10-11H2,1-4H3,(H2,21,22,23). The molecule has 0 radical (unpaired) electrons. The molecule has 4 heteroatoms. The number of anilines is 1. The summed E-state index contributed by atoms with van der Waals surface area (Å²) >= 11 is 0. The van der Waals surface area contributed by atoms with Gasteiger partial charge < -0.3 is 5.73 Å². The Morgan fingerprint density at radius 3 is 2.38 bits per heavy atom. The number of nitrogens with two attached hydrogens (primary N) is 1. The van der Waals surface area contributed by atoms with Crippen LogP contribution in [0.1, 0.15) is 72.9 Å². The molecule has 1 unspecified atom stereocenters. The average Bonchev–Trinajstić information content (AvgIpc) is 2.52. The third-order valence-electron chi connectivity index (χ3n) is 4.81. The summed E-state index contributed by atoms with van der Waals surface area (Å²) in [5.74, 6) is 0.568. The van der Waals surface area contributed by atoms with Crippen molar-refractivity contribution in [1.82, 2.24) is 9.97 Å². The fraction of sp³-hybridized carbons (Fsp3) is 0.450. The lowest BCUT2D eigenvalue weighted by atomic mass is 9.79. The van der Waals surface area contributed by atoms with Gasteiger partial charge in [-0.2, -0.15) is 0 Å². The van der Waals surface area contributed by atoms with Crippen molar-refractivity contribution in [1.29, 1.82) is 0 Å². The van der Waals surface area contributed by atoms with Crippen molar-refractivity contribution in [2.75, 3.05) is 5.73 Å². The Balaban J connectivity index is 1.93. The van der Waals surface area contributed by atoms with Crippen molar-refractivity contribution in [3.05, 3.63) is 52.3 Å². The monoisotopic (exact) mass is 323 g/mol. The lowest BCUT2D eigenvalue weighted by Gasteiger charge is -2.26. The number of aromatic nitrogens is 2. The Morgan fingerprint density at radius 2 is 1.79 bits per heavy atom. The van der Waals surface area contributed by atoms with Crippen LogP contribution in [-0.4, -0.2) is 15.8 Å². The van der Waals surface area contributed by atoms with Crippen LogP contribution in [0.4, 0.5) is 5.95 Å². The molecule has 1 aliphatic carbocycles. The van der Waals surface area contributed by atoms with Gasteiger partial charge in [-0.15, -0.1) is 0 Å². The van der Waals surface area contributed by atoms with E-state index >= 15 is 0 Å². The summed E-state index contributed by atoms with van der Waals surface area (Å²) in [4.78, 5) is 21.3. The Hall–Kier alpha value is -2.23. The number of carbonyl (C=O) groups excluding carboxylic acids is 1. The molecule has 0 aliphatic heterocycles. The highest BCUT2D eigenvalue weighted by Crippen LogP contribution is 2.34. The molecule has 24 heavy (non-hydrogen) atoms. The number of carbonyl (C=O) groups is 1. The quantitative estimate of drug-likeness (QED) is 0.912. The third kappa shape index (κ3) is 3.05. The molecule has 2 aromatic rings. The molecule has 0 spiro atoms. The fourth-order valence-electron chi connectivity index (χ4n) is 3.43. The number of aryl methyl sites for hydroxylation is 1. The molecule has 1 aromatic carbocycles. The molecule has 3 rings (SSSR count). The number of nitrogens with zero attached hydrogens (tertiary/aromatic N) is 2. The molecule has 0 fully saturated rings. The van der Waals surface area contributed by atoms with E-state index in [0.717, 1.165) is 17.8 Å². The normalized spacial score (nSPS) is 17.7. The molecule has 0 bridgehead atoms. The van der Waals surface area contributed by atoms with E-state index in [4.69, 9.17) is 5.73 Å². The van der Waals surface area contributed by atoms with E-state index in [-0.39, 0.29) is 23.1 Å². The second-order valence-corrected chi connectivity index (χ2v) is 7.60. The van der Waals surface area contributed by atoms with Crippen LogP contribution in [0, 0.1) is 0 Å². The highest BCUT2D eigenvalue weighted by molar-refractivity contribution is 5.99. The molecular weight excluding hydrogens is 298 g/mol. The van der Waals surface area contributed by atoms with Crippen LogP contribution < -0.4 is 5.73 Å². The van der Waals surface area contributed by atoms with Crippen LogP contribution >= 0.6 is 0 Å². The van der Waals surface area contributed by atoms with Gasteiger partial charge in [-0.05, 0) is 35.3 Å². The number of fused-ring (bicyclic) bond motifs is 1. The highest BCUT2D eigenvalue weighted by Gasteiger charge is 2.30. The molecular formula is C20H25N3O. The average molecular weight is 323 g/mol. The van der Waals surface area contributed by atoms with Crippen LogP contribution in [0.3, 0.4) is 0 Å². The van der Waals surface area contributed by atoms with Crippen molar-refractivity contribution in [2.45, 2.75) is 58.3 Å². The zero-order valence-corrected chi connectivity index (χ0v) is 14.9. The number of Topliss-reactive ketones (excluding diaryl/α,β-unsaturated/α-hetero) is 1. The molecule has 0 saturated carbocycles. The summed E-state index contributed by atoms with van der Waals surface area (Å²) < 4.78 is 0. The van der Waals surface area contributed by atoms with Crippen LogP contribution in [0.15, 0.2) is 24.3 Å². The number of rotatable bonds is 2. The first kappa shape index (κ1) is 16.6. The molecule has 126 valence electrons. The van der Waals surface area contributed by atoms with E-state index in [9.17, 15) is 4.79 Å². The van der Waals surface area contributed by atoms with Gasteiger partial charge in [0, 0.05) is 6.42 Å². The van der Waals surface area contributed by atoms with E-state index in [2.05, 4.69) is 55.0 Å². The number of hydrogen-bond acceptors (Lipinski definition) is 4. The number of hydrogen-bond donors (Lipinski definition) is 1. The molecule has 4 nitrogen and oxygen atoms in total. The van der Waals surface area contributed by atoms with Crippen LogP contribution in [0.25, 0.3) is 0 Å². The molecule has 1 atom stereocenters. The smallest absolute Gasteiger partial charge is 0.220 e. The summed E-state index contributed by atoms with van der Waals surface area (Å²) in [5, 5.41) is 0. The van der Waals surface area contributed by atoms with E-state index in [0.29, 0.717) is 18.4 Å². The molecule has 0 amide bonds. The van der Waals surface area contributed by atoms with Gasteiger partial charge in [-0.1, -0.05) is 52.0 Å². The first-order chi connectivity index (χ1) is 11.3. The highest BCUT2D eigenvalue weighted by atomic mass is 16.1. The van der Waals surface area contributed by atoms with Crippen molar-refractivity contribution in [2.24, 2.45) is 0 Å². The summed E-state index contributed by atoms with van der Waals surface area (Å²) in [7, 11) is 0. The van der Waals surface area contributed by atoms with E-state index in [1.54, 1.807) is 0 Å². The Labute approximate surface area is 143 Å². The van der Waals surface area contributed by atoms with Crippen LogP contribution in [0.2, 0.25) is 0 Å². The predicted molar refractivity (Wildman–Crippen MR) is 96.4 cm³/mol. The molecule has 0 saturated heterocycles. The second-order valence-electron chi connectivity index (χ2n) is 7.60. The summed E-state index contributed by atoms with van der Waals surface area (Å²) in [5.41, 5.74) is 10.7. The lowest BCUT2D eigenvalue weighted by Crippen LogP contribution is -2.23. The number of ketones is 1. The summed E-state index contributed by atoms with van der Waals surface area (Å²) in [6.07, 6.45) is 1.96. The Kier molecular flexibility index (Phi) is 4.16. The van der Waals surface area contributed by atoms with E-state index in [1.807, 2.05) is 6.92 Å². The maximum absolute atomic E-state index is 12.7. The fourth-order valence-corrected chi connectivity index (χ4v) is 3.43. The van der Waals surface area contributed by atoms with E-state index in [1.165, 1.54) is 11.1 Å². The Bertz CT molecular complexity index is 773. The van der Waals surface area contributed by atoms with Crippen molar-refractivity contribution < 1.29 is 4.79 Å². The van der Waals surface area contributed by atoms with Crippen molar-refractivity contribution in [3.8, 4) is 0 Å². The number of benzene rings is 1. The predicted octanol–water partition coefficient (Wildman–Crippen LogP) is 3.83. The largest absolute Gasteiger partial charge is 0.368 e. The van der Waals surface area contributed by atoms with Gasteiger partial charge in [0.2, 0.25) is 5.95 Å². The van der Waals surface area contributed by atoms with Crippen LogP contribution in [0.5, 0.6) is 0 Å². The maximum Gasteiger partial charge on any atom is 0.220 e. The van der Waals surface area contributed by atoms with E-state index < -0.39 is 0 Å². The minimum absolute atomic E-state index is 0.130.